The van der Waals surface area contributed by atoms with Crippen LogP contribution in [0.4, 0.5) is 14.9 Å². The van der Waals surface area contributed by atoms with Crippen LogP contribution in [0.3, 0.4) is 0 Å². The summed E-state index contributed by atoms with van der Waals surface area (Å²) in [5, 5.41) is 11.4. The largest absolute Gasteiger partial charge is 0.444 e. The molecule has 1 aliphatic rings. The Balaban J connectivity index is 1.67. The number of halogens is 1. The zero-order chi connectivity index (χ0) is 29.1. The van der Waals surface area contributed by atoms with Crippen LogP contribution < -0.4 is 4.90 Å². The highest BCUT2D eigenvalue weighted by molar-refractivity contribution is 6.76. The summed E-state index contributed by atoms with van der Waals surface area (Å²) in [5.41, 5.74) is 2.30. The summed E-state index contributed by atoms with van der Waals surface area (Å²) in [6.07, 6.45) is 4.10. The lowest BCUT2D eigenvalue weighted by Crippen LogP contribution is -2.45. The van der Waals surface area contributed by atoms with Gasteiger partial charge in [0.1, 0.15) is 29.7 Å². The number of anilines is 1. The van der Waals surface area contributed by atoms with Crippen LogP contribution in [0, 0.1) is 11.3 Å². The summed E-state index contributed by atoms with van der Waals surface area (Å²) >= 11 is 0. The predicted molar refractivity (Wildman–Crippen MR) is 158 cm³/mol. The van der Waals surface area contributed by atoms with Crippen LogP contribution in [0.15, 0.2) is 24.5 Å². The quantitative estimate of drug-likeness (QED) is 0.220. The Bertz CT molecular complexity index is 1390. The van der Waals surface area contributed by atoms with Crippen LogP contribution in [0.25, 0.3) is 21.9 Å². The molecule has 1 amide bonds. The molecule has 0 saturated carbocycles. The van der Waals surface area contributed by atoms with Gasteiger partial charge in [0, 0.05) is 45.9 Å². The maximum Gasteiger partial charge on any atom is 0.410 e. The highest BCUT2D eigenvalue weighted by Gasteiger charge is 2.34. The van der Waals surface area contributed by atoms with Gasteiger partial charge in [-0.15, -0.1) is 0 Å². The molecule has 4 heterocycles. The lowest BCUT2D eigenvalue weighted by Gasteiger charge is -2.31. The standard InChI is InChI=1S/C29H41FN6O3Si/c1-29(2,3)39-28(37)35(12-7-10-30)22-9-13-34(19-22)24-8-11-32-27-26(24)23-16-21(17-31)33-18-25(23)36(27)20-38-14-15-40(4,5)6/h8,11,16,18,22H,7,9-10,12-15,19-20H2,1-6H3. The molecule has 0 N–H and O–H groups in total. The Kier molecular flexibility index (Phi) is 9.00. The summed E-state index contributed by atoms with van der Waals surface area (Å²) in [6.45, 7) is 14.6. The molecule has 1 fully saturated rings. The molecule has 0 bridgehead atoms. The van der Waals surface area contributed by atoms with Gasteiger partial charge in [-0.1, -0.05) is 19.6 Å². The summed E-state index contributed by atoms with van der Waals surface area (Å²) in [7, 11) is -1.23. The van der Waals surface area contributed by atoms with Crippen molar-refractivity contribution < 1.29 is 18.7 Å². The van der Waals surface area contributed by atoms with Gasteiger partial charge in [0.15, 0.2) is 0 Å². The van der Waals surface area contributed by atoms with Crippen LogP contribution in [-0.2, 0) is 16.2 Å². The van der Waals surface area contributed by atoms with Crippen molar-refractivity contribution in [1.82, 2.24) is 19.4 Å². The lowest BCUT2D eigenvalue weighted by atomic mass is 10.1. The van der Waals surface area contributed by atoms with E-state index < -0.39 is 26.4 Å². The Morgan fingerprint density at radius 2 is 2.08 bits per heavy atom. The fourth-order valence-electron chi connectivity index (χ4n) is 5.06. The first-order valence-electron chi connectivity index (χ1n) is 14.0. The number of hydrogen-bond acceptors (Lipinski definition) is 7. The first kappa shape index (κ1) is 29.7. The van der Waals surface area contributed by atoms with Crippen molar-refractivity contribution in [2.45, 2.75) is 77.7 Å². The number of carbonyl (C=O) groups is 1. The monoisotopic (exact) mass is 568 g/mol. The average molecular weight is 569 g/mol. The topological polar surface area (TPSA) is 96.5 Å². The fraction of sp³-hybridized carbons (Fsp3) is 0.586. The third-order valence-electron chi connectivity index (χ3n) is 7.04. The molecule has 0 spiro atoms. The number of fused-ring (bicyclic) bond motifs is 3. The van der Waals surface area contributed by atoms with E-state index in [2.05, 4.69) is 35.6 Å². The second-order valence-corrected chi connectivity index (χ2v) is 18.2. The minimum atomic E-state index is -1.23. The van der Waals surface area contributed by atoms with Crippen LogP contribution in [0.1, 0.15) is 39.3 Å². The van der Waals surface area contributed by atoms with Gasteiger partial charge >= 0.3 is 6.09 Å². The van der Waals surface area contributed by atoms with Crippen LogP contribution in [0.5, 0.6) is 0 Å². The molecule has 1 unspecified atom stereocenters. The summed E-state index contributed by atoms with van der Waals surface area (Å²) < 4.78 is 26.9. The molecule has 4 rings (SSSR count). The van der Waals surface area contributed by atoms with E-state index in [-0.39, 0.29) is 12.5 Å². The fourth-order valence-corrected chi connectivity index (χ4v) is 5.82. The van der Waals surface area contributed by atoms with E-state index in [1.54, 1.807) is 17.3 Å². The van der Waals surface area contributed by atoms with E-state index in [4.69, 9.17) is 14.5 Å². The normalized spacial score (nSPS) is 16.1. The molecular weight excluding hydrogens is 527 g/mol. The molecule has 9 nitrogen and oxygen atoms in total. The highest BCUT2D eigenvalue weighted by atomic mass is 28.3. The zero-order valence-corrected chi connectivity index (χ0v) is 25.5. The molecule has 1 saturated heterocycles. The van der Waals surface area contributed by atoms with E-state index >= 15 is 0 Å². The van der Waals surface area contributed by atoms with E-state index in [1.807, 2.05) is 37.5 Å². The van der Waals surface area contributed by atoms with Crippen molar-refractivity contribution in [3.05, 3.63) is 30.2 Å². The smallest absolute Gasteiger partial charge is 0.410 e. The second-order valence-electron chi connectivity index (χ2n) is 12.6. The van der Waals surface area contributed by atoms with Crippen molar-refractivity contribution in [3.63, 3.8) is 0 Å². The van der Waals surface area contributed by atoms with Gasteiger partial charge in [-0.05, 0) is 51.8 Å². The molecule has 0 radical (unpaired) electrons. The first-order valence-corrected chi connectivity index (χ1v) is 17.7. The van der Waals surface area contributed by atoms with Crippen molar-refractivity contribution in [2.75, 3.05) is 37.8 Å². The van der Waals surface area contributed by atoms with Gasteiger partial charge in [0.05, 0.1) is 35.5 Å². The highest BCUT2D eigenvalue weighted by Crippen LogP contribution is 2.37. The number of pyridine rings is 2. The number of hydrogen-bond donors (Lipinski definition) is 0. The molecule has 3 aromatic rings. The van der Waals surface area contributed by atoms with Gasteiger partial charge < -0.3 is 19.3 Å². The predicted octanol–water partition coefficient (Wildman–Crippen LogP) is 5.94. The Morgan fingerprint density at radius 3 is 2.75 bits per heavy atom. The number of nitrogens with zero attached hydrogens (tertiary/aromatic N) is 6. The SMILES string of the molecule is CC(C)(C)OC(=O)N(CCCF)C1CCN(c2ccnc3c2c2cc(C#N)ncc2n3COCC[Si](C)(C)C)C1. The van der Waals surface area contributed by atoms with Gasteiger partial charge in [0.25, 0.3) is 0 Å². The number of alkyl halides is 1. The third kappa shape index (κ3) is 6.91. The first-order chi connectivity index (χ1) is 18.9. The number of aromatic nitrogens is 3. The molecule has 0 aliphatic carbocycles. The van der Waals surface area contributed by atoms with Crippen molar-refractivity contribution in [2.24, 2.45) is 0 Å². The van der Waals surface area contributed by atoms with E-state index in [1.165, 1.54) is 0 Å². The van der Waals surface area contributed by atoms with Crippen molar-refractivity contribution in [1.29, 1.82) is 5.26 Å². The molecule has 11 heteroatoms. The minimum Gasteiger partial charge on any atom is -0.444 e. The molecule has 1 aliphatic heterocycles. The van der Waals surface area contributed by atoms with Gasteiger partial charge in [-0.3, -0.25) is 8.96 Å². The van der Waals surface area contributed by atoms with Crippen LogP contribution >= 0.6 is 0 Å². The van der Waals surface area contributed by atoms with Crippen molar-refractivity contribution in [3.8, 4) is 6.07 Å². The minimum absolute atomic E-state index is 0.112. The van der Waals surface area contributed by atoms with Crippen LogP contribution in [-0.4, -0.2) is 78.2 Å². The van der Waals surface area contributed by atoms with E-state index in [9.17, 15) is 14.4 Å². The lowest BCUT2D eigenvalue weighted by molar-refractivity contribution is 0.0173. The molecule has 1 atom stereocenters. The number of rotatable bonds is 10. The molecule has 0 aromatic carbocycles. The summed E-state index contributed by atoms with van der Waals surface area (Å²) in [5.74, 6) is 0. The molecule has 3 aromatic heterocycles. The number of nitriles is 1. The Labute approximate surface area is 236 Å². The Morgan fingerprint density at radius 1 is 1.30 bits per heavy atom. The maximum absolute atomic E-state index is 13.1. The number of ether oxygens (including phenoxy) is 2. The Hall–Kier alpha value is -3.23. The summed E-state index contributed by atoms with van der Waals surface area (Å²) in [6, 6.07) is 6.89. The van der Waals surface area contributed by atoms with E-state index in [0.717, 1.165) is 40.1 Å². The average Bonchev–Trinajstić information content (AvgIpc) is 3.48. The van der Waals surface area contributed by atoms with Gasteiger partial charge in [-0.25, -0.2) is 14.8 Å². The zero-order valence-electron chi connectivity index (χ0n) is 24.5. The maximum atomic E-state index is 13.1. The van der Waals surface area contributed by atoms with E-state index in [0.29, 0.717) is 38.7 Å². The number of amides is 1. The van der Waals surface area contributed by atoms with Gasteiger partial charge in [-0.2, -0.15) is 5.26 Å². The van der Waals surface area contributed by atoms with Crippen LogP contribution in [0.2, 0.25) is 25.7 Å². The molecule has 216 valence electrons. The van der Waals surface area contributed by atoms with Crippen molar-refractivity contribution >= 4 is 41.8 Å². The molecule has 40 heavy (non-hydrogen) atoms. The van der Waals surface area contributed by atoms with Gasteiger partial charge in [0.2, 0.25) is 0 Å². The summed E-state index contributed by atoms with van der Waals surface area (Å²) in [4.78, 5) is 26.0. The number of carbonyl (C=O) groups excluding carboxylic acids is 1. The second kappa shape index (κ2) is 12.1. The third-order valence-corrected chi connectivity index (χ3v) is 8.75. The molecular formula is C29H41FN6O3Si.